The van der Waals surface area contributed by atoms with Gasteiger partial charge >= 0.3 is 0 Å². The summed E-state index contributed by atoms with van der Waals surface area (Å²) in [5, 5.41) is 7.23. The Morgan fingerprint density at radius 3 is 2.70 bits per heavy atom. The lowest BCUT2D eigenvalue weighted by atomic mass is 9.91. The van der Waals surface area contributed by atoms with Crippen LogP contribution in [-0.4, -0.2) is 15.7 Å². The van der Waals surface area contributed by atoms with Gasteiger partial charge in [-0.05, 0) is 59.7 Å². The molecule has 2 aromatic carbocycles. The minimum Gasteiger partial charge on any atom is -0.348 e. The maximum atomic E-state index is 14.5. The van der Waals surface area contributed by atoms with E-state index in [0.29, 0.717) is 23.6 Å². The molecule has 1 aliphatic carbocycles. The predicted octanol–water partition coefficient (Wildman–Crippen LogP) is 4.15. The van der Waals surface area contributed by atoms with Crippen molar-refractivity contribution in [2.24, 2.45) is 5.92 Å². The molecule has 3 aromatic rings. The van der Waals surface area contributed by atoms with Crippen LogP contribution in [0.25, 0.3) is 22.3 Å². The highest BCUT2D eigenvalue weighted by Crippen LogP contribution is 2.38. The Hall–Kier alpha value is -3.02. The number of amides is 1. The molecule has 27 heavy (non-hydrogen) atoms. The number of carbonyl (C=O) groups is 1. The Morgan fingerprint density at radius 1 is 1.07 bits per heavy atom. The Labute approximate surface area is 154 Å². The van der Waals surface area contributed by atoms with Gasteiger partial charge in [0.1, 0.15) is 11.6 Å². The van der Waals surface area contributed by atoms with Gasteiger partial charge in [-0.2, -0.15) is 5.10 Å². The highest BCUT2D eigenvalue weighted by molar-refractivity contribution is 6.01. The average molecular weight is 365 g/mol. The smallest absolute Gasteiger partial charge is 0.251 e. The number of halogens is 2. The van der Waals surface area contributed by atoms with Crippen LogP contribution in [0.2, 0.25) is 0 Å². The van der Waals surface area contributed by atoms with Gasteiger partial charge in [-0.1, -0.05) is 0 Å². The minimum atomic E-state index is -0.653. The van der Waals surface area contributed by atoms with E-state index in [0.717, 1.165) is 29.3 Å². The van der Waals surface area contributed by atoms with Crippen LogP contribution in [0.15, 0.2) is 42.7 Å². The number of aromatic nitrogens is 2. The van der Waals surface area contributed by atoms with Crippen molar-refractivity contribution in [1.82, 2.24) is 15.1 Å². The molecule has 1 aromatic heterocycles. The van der Waals surface area contributed by atoms with Gasteiger partial charge in [-0.3, -0.25) is 9.48 Å². The molecule has 2 aliphatic rings. The van der Waals surface area contributed by atoms with Crippen LogP contribution in [-0.2, 0) is 13.1 Å². The van der Waals surface area contributed by atoms with E-state index in [-0.39, 0.29) is 11.5 Å². The molecule has 1 saturated carbocycles. The summed E-state index contributed by atoms with van der Waals surface area (Å²) in [6.07, 6.45) is 6.18. The monoisotopic (exact) mass is 365 g/mol. The van der Waals surface area contributed by atoms with Crippen molar-refractivity contribution in [2.45, 2.75) is 25.9 Å². The fourth-order valence-corrected chi connectivity index (χ4v) is 3.61. The van der Waals surface area contributed by atoms with E-state index < -0.39 is 11.6 Å². The number of carbonyl (C=O) groups excluding carboxylic acids is 1. The molecule has 0 radical (unpaired) electrons. The number of hydrogen-bond acceptors (Lipinski definition) is 2. The molecule has 0 saturated heterocycles. The fraction of sp³-hybridized carbons (Fsp3) is 0.238. The molecule has 1 N–H and O–H groups in total. The van der Waals surface area contributed by atoms with Crippen LogP contribution in [0.5, 0.6) is 0 Å². The molecule has 0 spiro atoms. The number of fused-ring (bicyclic) bond motifs is 1. The summed E-state index contributed by atoms with van der Waals surface area (Å²) in [6.45, 7) is 1.33. The predicted molar refractivity (Wildman–Crippen MR) is 96.9 cm³/mol. The van der Waals surface area contributed by atoms with Crippen LogP contribution in [0.4, 0.5) is 8.78 Å². The Balaban J connectivity index is 1.67. The summed E-state index contributed by atoms with van der Waals surface area (Å²) < 4.78 is 29.8. The van der Waals surface area contributed by atoms with Crippen LogP contribution in [0, 0.1) is 17.6 Å². The number of hydrogen-bond donors (Lipinski definition) is 1. The van der Waals surface area contributed by atoms with Crippen LogP contribution >= 0.6 is 0 Å². The fourth-order valence-electron chi connectivity index (χ4n) is 3.61. The van der Waals surface area contributed by atoms with E-state index in [9.17, 15) is 13.6 Å². The van der Waals surface area contributed by atoms with Crippen LogP contribution < -0.4 is 5.32 Å². The van der Waals surface area contributed by atoms with E-state index in [4.69, 9.17) is 0 Å². The summed E-state index contributed by atoms with van der Waals surface area (Å²) in [5.41, 5.74) is 3.88. The van der Waals surface area contributed by atoms with Crippen molar-refractivity contribution in [2.75, 3.05) is 0 Å². The van der Waals surface area contributed by atoms with Crippen molar-refractivity contribution in [3.05, 3.63) is 65.5 Å². The summed E-state index contributed by atoms with van der Waals surface area (Å²) in [7, 11) is 0. The highest BCUT2D eigenvalue weighted by Gasteiger charge is 2.25. The number of rotatable bonds is 4. The van der Waals surface area contributed by atoms with Gasteiger partial charge in [0, 0.05) is 42.0 Å². The largest absolute Gasteiger partial charge is 0.348 e. The van der Waals surface area contributed by atoms with Gasteiger partial charge in [0.05, 0.1) is 6.20 Å². The first kappa shape index (κ1) is 16.2. The first-order valence-electron chi connectivity index (χ1n) is 9.02. The molecule has 0 unspecified atom stereocenters. The minimum absolute atomic E-state index is 0.176. The first-order chi connectivity index (χ1) is 13.1. The summed E-state index contributed by atoms with van der Waals surface area (Å²) in [4.78, 5) is 12.1. The van der Waals surface area contributed by atoms with Crippen molar-refractivity contribution in [3.8, 4) is 22.3 Å². The highest BCUT2D eigenvalue weighted by atomic mass is 19.1. The molecule has 6 heteroatoms. The quantitative estimate of drug-likeness (QED) is 0.755. The summed E-state index contributed by atoms with van der Waals surface area (Å²) in [5.74, 6) is -0.771. The molecule has 4 nitrogen and oxygen atoms in total. The lowest BCUT2D eigenvalue weighted by Crippen LogP contribution is -2.12. The zero-order valence-corrected chi connectivity index (χ0v) is 14.5. The molecule has 0 atom stereocenters. The molecule has 136 valence electrons. The van der Waals surface area contributed by atoms with E-state index in [1.807, 2.05) is 16.9 Å². The van der Waals surface area contributed by atoms with E-state index in [1.54, 1.807) is 12.3 Å². The lowest BCUT2D eigenvalue weighted by Gasteiger charge is -2.12. The zero-order valence-electron chi connectivity index (χ0n) is 14.5. The number of nitrogens with zero attached hydrogens (tertiary/aromatic N) is 2. The maximum Gasteiger partial charge on any atom is 0.251 e. The topological polar surface area (TPSA) is 46.9 Å². The SMILES string of the molecule is O=C1NCc2cc(-c3cnn(CC4CC4)c3)c(-c3ccc(F)cc3F)cc21. The number of nitrogens with one attached hydrogen (secondary N) is 1. The molecular weight excluding hydrogens is 348 g/mol. The maximum absolute atomic E-state index is 14.5. The van der Waals surface area contributed by atoms with Crippen molar-refractivity contribution < 1.29 is 13.6 Å². The second-order valence-electron chi connectivity index (χ2n) is 7.26. The standard InChI is InChI=1S/C21H17F2N3O/c22-15-3-4-16(20(23)6-15)19-7-18-13(8-24-21(18)27)5-17(19)14-9-25-26(11-14)10-12-1-2-12/h3-7,9,11-12H,1-2,8,10H2,(H,24,27). The Kier molecular flexibility index (Phi) is 3.60. The first-order valence-corrected chi connectivity index (χ1v) is 9.02. The molecule has 0 bridgehead atoms. The van der Waals surface area contributed by atoms with Crippen molar-refractivity contribution in [1.29, 1.82) is 0 Å². The van der Waals surface area contributed by atoms with Gasteiger partial charge in [-0.25, -0.2) is 8.78 Å². The molecule has 5 rings (SSSR count). The Morgan fingerprint density at radius 2 is 1.93 bits per heavy atom. The molecular formula is C21H17F2N3O. The van der Waals surface area contributed by atoms with E-state index >= 15 is 0 Å². The van der Waals surface area contributed by atoms with Crippen molar-refractivity contribution in [3.63, 3.8) is 0 Å². The van der Waals surface area contributed by atoms with Gasteiger partial charge in [0.15, 0.2) is 0 Å². The molecule has 1 amide bonds. The normalized spacial score (nSPS) is 15.7. The third kappa shape index (κ3) is 2.91. The second kappa shape index (κ2) is 6.01. The van der Waals surface area contributed by atoms with E-state index in [2.05, 4.69) is 10.4 Å². The Bertz CT molecular complexity index is 1070. The zero-order chi connectivity index (χ0) is 18.5. The molecule has 1 aliphatic heterocycles. The summed E-state index contributed by atoms with van der Waals surface area (Å²) in [6, 6.07) is 7.11. The van der Waals surface area contributed by atoms with Crippen LogP contribution in [0.3, 0.4) is 0 Å². The van der Waals surface area contributed by atoms with Gasteiger partial charge in [0.2, 0.25) is 0 Å². The third-order valence-electron chi connectivity index (χ3n) is 5.24. The van der Waals surface area contributed by atoms with Gasteiger partial charge < -0.3 is 5.32 Å². The van der Waals surface area contributed by atoms with Crippen LogP contribution in [0.1, 0.15) is 28.8 Å². The van der Waals surface area contributed by atoms with E-state index in [1.165, 1.54) is 25.0 Å². The lowest BCUT2D eigenvalue weighted by molar-refractivity contribution is 0.0966. The van der Waals surface area contributed by atoms with Crippen molar-refractivity contribution >= 4 is 5.91 Å². The molecule has 1 fully saturated rings. The van der Waals surface area contributed by atoms with Gasteiger partial charge in [-0.15, -0.1) is 0 Å². The third-order valence-corrected chi connectivity index (χ3v) is 5.24. The number of benzene rings is 2. The summed E-state index contributed by atoms with van der Waals surface area (Å²) >= 11 is 0. The average Bonchev–Trinajstić information content (AvgIpc) is 3.21. The molecule has 2 heterocycles. The second-order valence-corrected chi connectivity index (χ2v) is 7.26. The van der Waals surface area contributed by atoms with Gasteiger partial charge in [0.25, 0.3) is 5.91 Å².